The molecule has 0 saturated heterocycles. The van der Waals surface area contributed by atoms with Gasteiger partial charge in [-0.05, 0) is 19.8 Å². The summed E-state index contributed by atoms with van der Waals surface area (Å²) in [5, 5.41) is 0. The van der Waals surface area contributed by atoms with Gasteiger partial charge in [0.2, 0.25) is 10.3 Å². The van der Waals surface area contributed by atoms with Crippen LogP contribution < -0.4 is 0 Å². The summed E-state index contributed by atoms with van der Waals surface area (Å²) in [6.45, 7) is 1.79. The summed E-state index contributed by atoms with van der Waals surface area (Å²) in [7, 11) is -2.18. The Morgan fingerprint density at radius 1 is 1.43 bits per heavy atom. The molecule has 0 aromatic rings. The number of hydrogen-bond acceptors (Lipinski definition) is 4. The normalized spacial score (nSPS) is 27.1. The molecule has 1 aliphatic carbocycles. The van der Waals surface area contributed by atoms with Gasteiger partial charge in [-0.15, -0.1) is 0 Å². The molecule has 76 valence electrons. The maximum atomic E-state index is 10.7. The van der Waals surface area contributed by atoms with Gasteiger partial charge in [0, 0.05) is 12.1 Å². The minimum Gasteiger partial charge on any atom is -0.261 e. The highest BCUT2D eigenvalue weighted by Crippen LogP contribution is 2.29. The molecule has 0 bridgehead atoms. The van der Waals surface area contributed by atoms with Gasteiger partial charge >= 0.3 is 0 Å². The van der Waals surface area contributed by atoms with E-state index in [1.54, 1.807) is 6.92 Å². The van der Waals surface area contributed by atoms with Crippen molar-refractivity contribution in [1.29, 1.82) is 0 Å². The van der Waals surface area contributed by atoms with Gasteiger partial charge in [0.25, 0.3) is 0 Å². The highest BCUT2D eigenvalue weighted by atomic mass is 32.2. The second kappa shape index (κ2) is 3.65. The second-order valence-corrected chi connectivity index (χ2v) is 4.63. The molecule has 0 amide bonds. The lowest BCUT2D eigenvalue weighted by Crippen LogP contribution is -2.29. The lowest BCUT2D eigenvalue weighted by Gasteiger charge is -2.26. The van der Waals surface area contributed by atoms with Crippen molar-refractivity contribution in [2.45, 2.75) is 32.2 Å². The molecule has 14 heavy (non-hydrogen) atoms. The first kappa shape index (κ1) is 9.58. The van der Waals surface area contributed by atoms with Crippen LogP contribution in [0.2, 0.25) is 0 Å². The number of hydrogen-bond donors (Lipinski definition) is 0. The van der Waals surface area contributed by atoms with Crippen LogP contribution in [0.25, 0.3) is 0 Å². The van der Waals surface area contributed by atoms with Gasteiger partial charge in [-0.25, -0.2) is 4.99 Å². The standard InChI is InChI=1S/C9H12N2O2S/c1-6-8(14(12)13)5-10-9(11-6)7-3-2-4-7/h5-7H,2-4H2,1H3. The average Bonchev–Trinajstić information content (AvgIpc) is 2.00. The lowest BCUT2D eigenvalue weighted by atomic mass is 9.84. The maximum absolute atomic E-state index is 10.7. The highest BCUT2D eigenvalue weighted by Gasteiger charge is 2.26. The summed E-state index contributed by atoms with van der Waals surface area (Å²) in [6.07, 6.45) is 4.95. The molecule has 1 atom stereocenters. The van der Waals surface area contributed by atoms with E-state index in [1.807, 2.05) is 0 Å². The van der Waals surface area contributed by atoms with Gasteiger partial charge < -0.3 is 0 Å². The monoisotopic (exact) mass is 212 g/mol. The van der Waals surface area contributed by atoms with E-state index in [0.717, 1.165) is 18.7 Å². The van der Waals surface area contributed by atoms with Crippen LogP contribution in [0.5, 0.6) is 0 Å². The second-order valence-electron chi connectivity index (χ2n) is 3.69. The lowest BCUT2D eigenvalue weighted by molar-refractivity contribution is 0.409. The first-order valence-corrected chi connectivity index (χ1v) is 5.84. The fourth-order valence-electron chi connectivity index (χ4n) is 1.59. The van der Waals surface area contributed by atoms with Crippen molar-refractivity contribution in [3.8, 4) is 0 Å². The highest BCUT2D eigenvalue weighted by molar-refractivity contribution is 7.74. The van der Waals surface area contributed by atoms with E-state index in [0.29, 0.717) is 5.92 Å². The zero-order chi connectivity index (χ0) is 10.1. The smallest absolute Gasteiger partial charge is 0.221 e. The van der Waals surface area contributed by atoms with E-state index < -0.39 is 10.3 Å². The summed E-state index contributed by atoms with van der Waals surface area (Å²) in [5.41, 5.74) is 0. The number of nitrogens with zero attached hydrogens (tertiary/aromatic N) is 2. The van der Waals surface area contributed by atoms with E-state index in [1.165, 1.54) is 12.6 Å². The molecule has 2 aliphatic rings. The van der Waals surface area contributed by atoms with Crippen molar-refractivity contribution in [2.24, 2.45) is 15.9 Å². The van der Waals surface area contributed by atoms with E-state index in [2.05, 4.69) is 9.98 Å². The van der Waals surface area contributed by atoms with Crippen molar-refractivity contribution in [2.75, 3.05) is 0 Å². The van der Waals surface area contributed by atoms with Crippen LogP contribution in [-0.2, 0) is 10.3 Å². The van der Waals surface area contributed by atoms with Crippen LogP contribution in [-0.4, -0.2) is 31.4 Å². The van der Waals surface area contributed by atoms with Crippen molar-refractivity contribution in [1.82, 2.24) is 0 Å². The molecule has 5 heteroatoms. The number of aliphatic imine (C=N–C) groups is 2. The van der Waals surface area contributed by atoms with Crippen molar-refractivity contribution in [3.05, 3.63) is 0 Å². The van der Waals surface area contributed by atoms with Crippen molar-refractivity contribution >= 4 is 27.2 Å². The Hall–Kier alpha value is -0.970. The number of rotatable bonds is 1. The van der Waals surface area contributed by atoms with Gasteiger partial charge in [0.1, 0.15) is 10.7 Å². The van der Waals surface area contributed by atoms with Crippen LogP contribution in [0.1, 0.15) is 26.2 Å². The summed E-state index contributed by atoms with van der Waals surface area (Å²) in [4.78, 5) is 8.68. The summed E-state index contributed by atoms with van der Waals surface area (Å²) in [6, 6.07) is -0.263. The zero-order valence-corrected chi connectivity index (χ0v) is 8.79. The molecule has 0 spiro atoms. The third kappa shape index (κ3) is 1.64. The molecule has 4 nitrogen and oxygen atoms in total. The first-order chi connectivity index (χ1) is 6.68. The van der Waals surface area contributed by atoms with E-state index in [4.69, 9.17) is 0 Å². The molecule has 1 saturated carbocycles. The van der Waals surface area contributed by atoms with Gasteiger partial charge in [-0.1, -0.05) is 6.42 Å². The molecule has 2 rings (SSSR count). The summed E-state index contributed by atoms with van der Waals surface area (Å²) < 4.78 is 21.5. The zero-order valence-electron chi connectivity index (χ0n) is 7.97. The third-order valence-electron chi connectivity index (χ3n) is 2.72. The van der Waals surface area contributed by atoms with Gasteiger partial charge in [-0.3, -0.25) is 4.99 Å². The van der Waals surface area contributed by atoms with Gasteiger partial charge in [0.05, 0.1) is 6.04 Å². The Kier molecular flexibility index (Phi) is 2.50. The molecule has 1 fully saturated rings. The first-order valence-electron chi connectivity index (χ1n) is 4.76. The van der Waals surface area contributed by atoms with Crippen LogP contribution in [0, 0.1) is 5.92 Å². The minimum atomic E-state index is -2.18. The molecule has 1 unspecified atom stereocenters. The molecule has 0 N–H and O–H groups in total. The fourth-order valence-corrected chi connectivity index (χ4v) is 2.06. The molecule has 1 aliphatic heterocycles. The Labute approximate surface area is 84.3 Å². The van der Waals surface area contributed by atoms with Crippen LogP contribution in [0.15, 0.2) is 9.98 Å². The Morgan fingerprint density at radius 2 is 2.14 bits per heavy atom. The maximum Gasteiger partial charge on any atom is 0.221 e. The van der Waals surface area contributed by atoms with Crippen molar-refractivity contribution in [3.63, 3.8) is 0 Å². The molecule has 0 aromatic heterocycles. The van der Waals surface area contributed by atoms with Crippen LogP contribution in [0.4, 0.5) is 0 Å². The van der Waals surface area contributed by atoms with E-state index in [-0.39, 0.29) is 10.9 Å². The summed E-state index contributed by atoms with van der Waals surface area (Å²) in [5.74, 6) is 1.30. The minimum absolute atomic E-state index is 0.263. The molecule has 1 heterocycles. The fraction of sp³-hybridized carbons (Fsp3) is 0.667. The van der Waals surface area contributed by atoms with Gasteiger partial charge in [0.15, 0.2) is 0 Å². The predicted octanol–water partition coefficient (Wildman–Crippen LogP) is 0.709. The summed E-state index contributed by atoms with van der Waals surface area (Å²) >= 11 is 0. The average molecular weight is 212 g/mol. The van der Waals surface area contributed by atoms with Gasteiger partial charge in [-0.2, -0.15) is 8.42 Å². The molecule has 0 radical (unpaired) electrons. The molecular weight excluding hydrogens is 200 g/mol. The molecular formula is C9H12N2O2S. The van der Waals surface area contributed by atoms with E-state index in [9.17, 15) is 8.42 Å². The third-order valence-corrected chi connectivity index (χ3v) is 3.56. The Balaban J connectivity index is 2.24. The predicted molar refractivity (Wildman–Crippen MR) is 56.7 cm³/mol. The van der Waals surface area contributed by atoms with E-state index >= 15 is 0 Å². The quantitative estimate of drug-likeness (QED) is 0.601. The van der Waals surface area contributed by atoms with Crippen LogP contribution in [0.3, 0.4) is 0 Å². The number of amidine groups is 1. The Bertz CT molecular complexity index is 422. The Morgan fingerprint density at radius 3 is 2.57 bits per heavy atom. The van der Waals surface area contributed by atoms with Crippen LogP contribution >= 0.6 is 0 Å². The van der Waals surface area contributed by atoms with Crippen molar-refractivity contribution < 1.29 is 8.42 Å². The largest absolute Gasteiger partial charge is 0.261 e. The molecule has 0 aromatic carbocycles. The topological polar surface area (TPSA) is 58.9 Å². The SMILES string of the molecule is CC1N=C(C2CCC2)N=CC1=S(=O)=O.